The molecule has 1 heterocycles. The highest BCUT2D eigenvalue weighted by molar-refractivity contribution is 6.09. The molecule has 0 spiro atoms. The molecule has 0 saturated carbocycles. The topological polar surface area (TPSA) is 103 Å². The van der Waals surface area contributed by atoms with Gasteiger partial charge in [-0.3, -0.25) is 4.79 Å². The number of hydrogen-bond donors (Lipinski definition) is 1. The van der Waals surface area contributed by atoms with Crippen LogP contribution in [0.2, 0.25) is 0 Å². The van der Waals surface area contributed by atoms with E-state index in [1.165, 1.54) is 14.2 Å². The summed E-state index contributed by atoms with van der Waals surface area (Å²) in [6.45, 7) is -1.08. The summed E-state index contributed by atoms with van der Waals surface area (Å²) in [4.78, 5) is 30.4. The quantitative estimate of drug-likeness (QED) is 0.482. The van der Waals surface area contributed by atoms with Gasteiger partial charge in [0.25, 0.3) is 5.91 Å². The minimum Gasteiger partial charge on any atom is -0.497 e. The molecule has 0 fully saturated rings. The molecule has 0 saturated heterocycles. The average Bonchev–Trinajstić information content (AvgIpc) is 3.16. The number of nitrogens with two attached hydrogens (primary N) is 1. The van der Waals surface area contributed by atoms with Crippen LogP contribution < -0.4 is 15.2 Å². The summed E-state index contributed by atoms with van der Waals surface area (Å²) in [6, 6.07) is 20.8. The normalized spacial score (nSPS) is 17.4. The number of methoxy groups -OCH3 is 2. The standard InChI is InChI=1S/C26H22F3N3O5/c1-35-18-13-11-17(12-14-18)25(22(33)32(24(30)31-25)15-37-23(34)26(27,28)29)20-10-6-9-19(21(20)36-2)16-7-4-3-5-8-16/h3-14H,15H2,1-2H3,(H2,30,31). The van der Waals surface area contributed by atoms with Crippen LogP contribution in [-0.4, -0.2) is 49.9 Å². The van der Waals surface area contributed by atoms with Gasteiger partial charge in [0.05, 0.1) is 14.2 Å². The molecule has 1 aliphatic rings. The molecule has 4 rings (SSSR count). The zero-order valence-corrected chi connectivity index (χ0v) is 19.8. The number of hydrogen-bond acceptors (Lipinski definition) is 7. The number of nitrogens with zero attached hydrogens (tertiary/aromatic N) is 2. The van der Waals surface area contributed by atoms with Crippen LogP contribution in [0.3, 0.4) is 0 Å². The van der Waals surface area contributed by atoms with E-state index in [1.54, 1.807) is 42.5 Å². The monoisotopic (exact) mass is 513 g/mol. The highest BCUT2D eigenvalue weighted by Crippen LogP contribution is 2.47. The van der Waals surface area contributed by atoms with Crippen molar-refractivity contribution in [1.29, 1.82) is 0 Å². The minimum atomic E-state index is -5.24. The number of rotatable bonds is 7. The summed E-state index contributed by atoms with van der Waals surface area (Å²) in [6.07, 6.45) is -5.24. The van der Waals surface area contributed by atoms with Gasteiger partial charge in [-0.2, -0.15) is 13.2 Å². The van der Waals surface area contributed by atoms with E-state index in [-0.39, 0.29) is 0 Å². The number of halogens is 3. The molecular weight excluding hydrogens is 491 g/mol. The summed E-state index contributed by atoms with van der Waals surface area (Å²) < 4.78 is 53.4. The smallest absolute Gasteiger partial charge is 0.490 e. The van der Waals surface area contributed by atoms with Crippen LogP contribution >= 0.6 is 0 Å². The molecule has 0 aromatic heterocycles. The van der Waals surface area contributed by atoms with Crippen molar-refractivity contribution in [1.82, 2.24) is 4.90 Å². The second-order valence-corrected chi connectivity index (χ2v) is 7.95. The summed E-state index contributed by atoms with van der Waals surface area (Å²) in [5.41, 5.74) is 6.26. The summed E-state index contributed by atoms with van der Waals surface area (Å²) >= 11 is 0. The highest BCUT2D eigenvalue weighted by Gasteiger charge is 2.53. The van der Waals surface area contributed by atoms with Crippen molar-refractivity contribution in [2.75, 3.05) is 21.0 Å². The molecule has 37 heavy (non-hydrogen) atoms. The van der Waals surface area contributed by atoms with E-state index in [0.29, 0.717) is 33.1 Å². The van der Waals surface area contributed by atoms with Crippen molar-refractivity contribution < 1.29 is 37.0 Å². The van der Waals surface area contributed by atoms with E-state index in [1.807, 2.05) is 30.3 Å². The lowest BCUT2D eigenvalue weighted by Gasteiger charge is -2.29. The fraction of sp³-hybridized carbons (Fsp3) is 0.192. The molecule has 0 radical (unpaired) electrons. The summed E-state index contributed by atoms with van der Waals surface area (Å²) in [7, 11) is 2.91. The van der Waals surface area contributed by atoms with Crippen LogP contribution in [0.1, 0.15) is 11.1 Å². The molecule has 3 aromatic carbocycles. The van der Waals surface area contributed by atoms with E-state index in [0.717, 1.165) is 5.56 Å². The van der Waals surface area contributed by atoms with Crippen LogP contribution in [0.25, 0.3) is 11.1 Å². The number of amides is 1. The molecule has 0 aliphatic carbocycles. The number of alkyl halides is 3. The zero-order valence-electron chi connectivity index (χ0n) is 19.8. The number of guanidine groups is 1. The number of ether oxygens (including phenoxy) is 3. The van der Waals surface area contributed by atoms with Crippen molar-refractivity contribution in [2.45, 2.75) is 11.7 Å². The molecule has 1 amide bonds. The zero-order chi connectivity index (χ0) is 26.8. The fourth-order valence-corrected chi connectivity index (χ4v) is 4.15. The van der Waals surface area contributed by atoms with E-state index in [4.69, 9.17) is 15.2 Å². The molecule has 2 N–H and O–H groups in total. The van der Waals surface area contributed by atoms with Gasteiger partial charge in [-0.05, 0) is 23.3 Å². The molecule has 11 heteroatoms. The van der Waals surface area contributed by atoms with Crippen molar-refractivity contribution in [3.05, 3.63) is 83.9 Å². The van der Waals surface area contributed by atoms with E-state index >= 15 is 0 Å². The molecule has 0 bridgehead atoms. The predicted octanol–water partition coefficient (Wildman–Crippen LogP) is 3.83. The van der Waals surface area contributed by atoms with Gasteiger partial charge >= 0.3 is 12.1 Å². The SMILES string of the molecule is COc1ccc(C2(c3cccc(-c4ccccc4)c3OC)N=C(N)N(COC(=O)C(F)(F)F)C2=O)cc1. The Hall–Kier alpha value is -4.54. The van der Waals surface area contributed by atoms with Gasteiger partial charge in [0.2, 0.25) is 5.96 Å². The van der Waals surface area contributed by atoms with Gasteiger partial charge in [0, 0.05) is 11.1 Å². The second-order valence-electron chi connectivity index (χ2n) is 7.95. The number of esters is 1. The number of carbonyl (C=O) groups excluding carboxylic acids is 2. The molecule has 3 aromatic rings. The summed E-state index contributed by atoms with van der Waals surface area (Å²) in [5.74, 6) is -2.90. The first kappa shape index (κ1) is 25.5. The molecule has 1 aliphatic heterocycles. The van der Waals surface area contributed by atoms with Crippen LogP contribution in [0.5, 0.6) is 11.5 Å². The van der Waals surface area contributed by atoms with Crippen LogP contribution in [0.4, 0.5) is 13.2 Å². The fourth-order valence-electron chi connectivity index (χ4n) is 4.15. The van der Waals surface area contributed by atoms with Gasteiger partial charge in [-0.15, -0.1) is 0 Å². The Balaban J connectivity index is 1.89. The molecular formula is C26H22F3N3O5. The van der Waals surface area contributed by atoms with E-state index in [9.17, 15) is 22.8 Å². The van der Waals surface area contributed by atoms with Crippen LogP contribution in [0, 0.1) is 0 Å². The Morgan fingerprint density at radius 2 is 1.65 bits per heavy atom. The molecule has 8 nitrogen and oxygen atoms in total. The van der Waals surface area contributed by atoms with Crippen molar-refractivity contribution in [2.24, 2.45) is 10.7 Å². The van der Waals surface area contributed by atoms with Gasteiger partial charge < -0.3 is 19.9 Å². The third-order valence-corrected chi connectivity index (χ3v) is 5.87. The Bertz CT molecular complexity index is 1340. The van der Waals surface area contributed by atoms with Gasteiger partial charge in [-0.25, -0.2) is 14.7 Å². The van der Waals surface area contributed by atoms with E-state index in [2.05, 4.69) is 9.73 Å². The predicted molar refractivity (Wildman–Crippen MR) is 128 cm³/mol. The first-order valence-electron chi connectivity index (χ1n) is 10.9. The first-order chi connectivity index (χ1) is 17.6. The third kappa shape index (κ3) is 4.55. The second kappa shape index (κ2) is 9.84. The number of para-hydroxylation sites is 1. The van der Waals surface area contributed by atoms with E-state index < -0.39 is 36.3 Å². The minimum absolute atomic E-state index is 0.291. The maximum absolute atomic E-state index is 13.9. The Labute approximate surface area is 210 Å². The van der Waals surface area contributed by atoms with Crippen molar-refractivity contribution >= 4 is 17.8 Å². The Morgan fingerprint density at radius 3 is 2.24 bits per heavy atom. The maximum Gasteiger partial charge on any atom is 0.490 e. The third-order valence-electron chi connectivity index (χ3n) is 5.87. The molecule has 192 valence electrons. The lowest BCUT2D eigenvalue weighted by atomic mass is 9.81. The maximum atomic E-state index is 13.9. The number of aliphatic imine (C=N–C) groups is 1. The molecule has 1 atom stereocenters. The largest absolute Gasteiger partial charge is 0.497 e. The van der Waals surface area contributed by atoms with Crippen LogP contribution in [0.15, 0.2) is 77.8 Å². The van der Waals surface area contributed by atoms with Crippen molar-refractivity contribution in [3.63, 3.8) is 0 Å². The lowest BCUT2D eigenvalue weighted by molar-refractivity contribution is -0.202. The van der Waals surface area contributed by atoms with Gasteiger partial charge in [0.15, 0.2) is 12.3 Å². The Morgan fingerprint density at radius 1 is 0.973 bits per heavy atom. The van der Waals surface area contributed by atoms with Gasteiger partial charge in [0.1, 0.15) is 11.5 Å². The van der Waals surface area contributed by atoms with Gasteiger partial charge in [-0.1, -0.05) is 60.7 Å². The number of carbonyl (C=O) groups is 2. The number of benzene rings is 3. The average molecular weight is 513 g/mol. The lowest BCUT2D eigenvalue weighted by Crippen LogP contribution is -2.45. The highest BCUT2D eigenvalue weighted by atomic mass is 19.4. The van der Waals surface area contributed by atoms with Crippen molar-refractivity contribution in [3.8, 4) is 22.6 Å². The Kier molecular flexibility index (Phi) is 6.80. The van der Waals surface area contributed by atoms with Crippen LogP contribution in [-0.2, 0) is 19.9 Å². The first-order valence-corrected chi connectivity index (χ1v) is 10.9. The molecule has 1 unspecified atom stereocenters. The summed E-state index contributed by atoms with van der Waals surface area (Å²) in [5, 5.41) is 0.